The summed E-state index contributed by atoms with van der Waals surface area (Å²) in [6, 6.07) is 5.61. The van der Waals surface area contributed by atoms with Gasteiger partial charge >= 0.3 is 0 Å². The number of nitrogens with one attached hydrogen (secondary N) is 1. The molecule has 0 atom stereocenters. The average Bonchev–Trinajstić information content (AvgIpc) is 3.18. The molecule has 3 heterocycles. The molecule has 0 radical (unpaired) electrons. The first kappa shape index (κ1) is 21.6. The lowest BCUT2D eigenvalue weighted by Crippen LogP contribution is -2.32. The zero-order valence-electron chi connectivity index (χ0n) is 18.1. The third-order valence-electron chi connectivity index (χ3n) is 5.92. The van der Waals surface area contributed by atoms with Crippen LogP contribution in [0.25, 0.3) is 10.9 Å². The molecule has 1 aliphatic heterocycles. The molecule has 1 N–H and O–H groups in total. The molecule has 8 heteroatoms. The molecule has 1 aliphatic rings. The number of likely N-dealkylation sites (tertiary alicyclic amines) is 1. The first-order valence-electron chi connectivity index (χ1n) is 10.9. The normalized spacial score (nSPS) is 15.4. The van der Waals surface area contributed by atoms with E-state index in [-0.39, 0.29) is 11.5 Å². The Morgan fingerprint density at radius 2 is 2.10 bits per heavy atom. The van der Waals surface area contributed by atoms with Gasteiger partial charge in [-0.2, -0.15) is 0 Å². The van der Waals surface area contributed by atoms with Crippen molar-refractivity contribution in [2.75, 3.05) is 18.4 Å². The molecule has 7 nitrogen and oxygen atoms in total. The number of aryl methyl sites for hydroxylation is 2. The van der Waals surface area contributed by atoms with Crippen LogP contribution in [-0.4, -0.2) is 38.4 Å². The van der Waals surface area contributed by atoms with Crippen LogP contribution >= 0.6 is 11.3 Å². The lowest BCUT2D eigenvalue weighted by Gasteiger charge is -2.29. The number of hydrogen-bond donors (Lipinski definition) is 1. The Balaban J connectivity index is 1.26. The molecule has 164 valence electrons. The fourth-order valence-corrected chi connectivity index (χ4v) is 4.69. The fourth-order valence-electron chi connectivity index (χ4n) is 3.97. The lowest BCUT2D eigenvalue weighted by atomic mass is 9.99. The maximum absolute atomic E-state index is 12.6. The number of anilines is 1. The molecule has 1 saturated heterocycles. The highest BCUT2D eigenvalue weighted by molar-refractivity contribution is 7.13. The largest absolute Gasteiger partial charge is 0.302 e. The maximum Gasteiger partial charge on any atom is 0.261 e. The number of rotatable bonds is 7. The van der Waals surface area contributed by atoms with Crippen LogP contribution in [0.5, 0.6) is 0 Å². The van der Waals surface area contributed by atoms with Crippen molar-refractivity contribution in [3.8, 4) is 0 Å². The Morgan fingerprint density at radius 1 is 1.29 bits per heavy atom. The second kappa shape index (κ2) is 9.70. The Labute approximate surface area is 186 Å². The van der Waals surface area contributed by atoms with Crippen LogP contribution in [0, 0.1) is 12.8 Å². The van der Waals surface area contributed by atoms with Crippen molar-refractivity contribution >= 4 is 33.3 Å². The zero-order chi connectivity index (χ0) is 21.8. The molecule has 0 saturated carbocycles. The molecule has 31 heavy (non-hydrogen) atoms. The summed E-state index contributed by atoms with van der Waals surface area (Å²) in [6.07, 6.45) is 4.95. The van der Waals surface area contributed by atoms with Crippen LogP contribution in [0.3, 0.4) is 0 Å². The molecular formula is C23H29N5O2S. The zero-order valence-corrected chi connectivity index (χ0v) is 19.0. The second-order valence-corrected chi connectivity index (χ2v) is 9.33. The van der Waals surface area contributed by atoms with Crippen LogP contribution in [0.1, 0.15) is 43.9 Å². The highest BCUT2D eigenvalue weighted by Gasteiger charge is 2.17. The van der Waals surface area contributed by atoms with Gasteiger partial charge in [-0.3, -0.25) is 19.1 Å². The molecule has 4 rings (SSSR count). The number of hydrogen-bond acceptors (Lipinski definition) is 6. The van der Waals surface area contributed by atoms with Crippen molar-refractivity contribution in [2.24, 2.45) is 5.92 Å². The SMILES string of the molecule is Cc1cccc2c(=O)n(CCCC(=O)Nc3nc(CN4CCC(C)CC4)cs3)cnc12. The minimum atomic E-state index is -0.0784. The number of fused-ring (bicyclic) bond motifs is 1. The third kappa shape index (κ3) is 5.37. The quantitative estimate of drug-likeness (QED) is 0.605. The first-order valence-corrected chi connectivity index (χ1v) is 11.8. The number of para-hydroxylation sites is 1. The van der Waals surface area contributed by atoms with E-state index >= 15 is 0 Å². The van der Waals surface area contributed by atoms with Crippen molar-refractivity contribution in [1.29, 1.82) is 0 Å². The van der Waals surface area contributed by atoms with Gasteiger partial charge in [0.05, 0.1) is 22.9 Å². The van der Waals surface area contributed by atoms with Gasteiger partial charge in [0.1, 0.15) is 0 Å². The number of carbonyl (C=O) groups is 1. The summed E-state index contributed by atoms with van der Waals surface area (Å²) in [7, 11) is 0. The summed E-state index contributed by atoms with van der Waals surface area (Å²) in [6.45, 7) is 7.78. The van der Waals surface area contributed by atoms with Crippen LogP contribution in [0.15, 0.2) is 34.7 Å². The van der Waals surface area contributed by atoms with Gasteiger partial charge in [-0.1, -0.05) is 19.1 Å². The summed E-state index contributed by atoms with van der Waals surface area (Å²) < 4.78 is 1.58. The van der Waals surface area contributed by atoms with Gasteiger partial charge < -0.3 is 5.32 Å². The molecule has 0 bridgehead atoms. The Hall–Kier alpha value is -2.58. The number of aromatic nitrogens is 3. The Kier molecular flexibility index (Phi) is 6.77. The van der Waals surface area contributed by atoms with Crippen molar-refractivity contribution in [3.63, 3.8) is 0 Å². The van der Waals surface area contributed by atoms with Crippen molar-refractivity contribution in [3.05, 3.63) is 51.5 Å². The molecule has 0 spiro atoms. The van der Waals surface area contributed by atoms with Gasteiger partial charge in [0.2, 0.25) is 5.91 Å². The molecule has 1 amide bonds. The Morgan fingerprint density at radius 3 is 2.90 bits per heavy atom. The van der Waals surface area contributed by atoms with Crippen LogP contribution in [0.2, 0.25) is 0 Å². The molecule has 1 aromatic carbocycles. The van der Waals surface area contributed by atoms with Gasteiger partial charge in [0.15, 0.2) is 5.13 Å². The predicted molar refractivity (Wildman–Crippen MR) is 124 cm³/mol. The van der Waals surface area contributed by atoms with E-state index in [4.69, 9.17) is 0 Å². The monoisotopic (exact) mass is 439 g/mol. The van der Waals surface area contributed by atoms with Crippen molar-refractivity contribution in [1.82, 2.24) is 19.4 Å². The highest BCUT2D eigenvalue weighted by Crippen LogP contribution is 2.21. The summed E-state index contributed by atoms with van der Waals surface area (Å²) in [5, 5.41) is 6.18. The number of piperidine rings is 1. The fraction of sp³-hybridized carbons (Fsp3) is 0.478. The topological polar surface area (TPSA) is 80.1 Å². The summed E-state index contributed by atoms with van der Waals surface area (Å²) >= 11 is 1.47. The van der Waals surface area contributed by atoms with Gasteiger partial charge in [0, 0.05) is 24.9 Å². The maximum atomic E-state index is 12.6. The van der Waals surface area contributed by atoms with E-state index in [2.05, 4.69) is 27.1 Å². The average molecular weight is 440 g/mol. The van der Waals surface area contributed by atoms with Crippen LogP contribution in [-0.2, 0) is 17.9 Å². The first-order chi connectivity index (χ1) is 15.0. The summed E-state index contributed by atoms with van der Waals surface area (Å²) in [5.74, 6) is 0.734. The van der Waals surface area contributed by atoms with Crippen molar-refractivity contribution < 1.29 is 4.79 Å². The molecule has 0 aliphatic carbocycles. The van der Waals surface area contributed by atoms with Gasteiger partial charge in [-0.25, -0.2) is 9.97 Å². The third-order valence-corrected chi connectivity index (χ3v) is 6.72. The van der Waals surface area contributed by atoms with E-state index in [0.717, 1.165) is 42.3 Å². The van der Waals surface area contributed by atoms with Gasteiger partial charge in [-0.05, 0) is 56.8 Å². The highest BCUT2D eigenvalue weighted by atomic mass is 32.1. The summed E-state index contributed by atoms with van der Waals surface area (Å²) in [5.41, 5.74) is 2.67. The van der Waals surface area contributed by atoms with E-state index in [9.17, 15) is 9.59 Å². The van der Waals surface area contributed by atoms with E-state index < -0.39 is 0 Å². The van der Waals surface area contributed by atoms with E-state index in [0.29, 0.717) is 29.9 Å². The molecule has 3 aromatic rings. The smallest absolute Gasteiger partial charge is 0.261 e. The van der Waals surface area contributed by atoms with Gasteiger partial charge in [0.25, 0.3) is 5.56 Å². The Bertz CT molecular complexity index is 1110. The van der Waals surface area contributed by atoms with E-state index in [1.54, 1.807) is 17.0 Å². The van der Waals surface area contributed by atoms with E-state index in [1.165, 1.54) is 24.2 Å². The number of thiazole rings is 1. The molecule has 0 unspecified atom stereocenters. The summed E-state index contributed by atoms with van der Waals surface area (Å²) in [4.78, 5) is 36.4. The second-order valence-electron chi connectivity index (χ2n) is 8.47. The van der Waals surface area contributed by atoms with Crippen LogP contribution in [0.4, 0.5) is 5.13 Å². The minimum Gasteiger partial charge on any atom is -0.302 e. The number of amides is 1. The standard InChI is InChI=1S/C23H29N5O2S/c1-16-8-11-27(12-9-16)13-18-14-31-23(25-18)26-20(29)7-4-10-28-15-24-21-17(2)5-3-6-19(21)22(28)30/h3,5-6,14-16H,4,7-13H2,1-2H3,(H,25,26,29). The predicted octanol–water partition coefficient (Wildman–Crippen LogP) is 3.81. The number of nitrogens with zero attached hydrogens (tertiary/aromatic N) is 4. The minimum absolute atomic E-state index is 0.0641. The van der Waals surface area contributed by atoms with Crippen LogP contribution < -0.4 is 10.9 Å². The van der Waals surface area contributed by atoms with E-state index in [1.807, 2.05) is 24.4 Å². The number of benzene rings is 1. The molecule has 1 fully saturated rings. The molecule has 2 aromatic heterocycles. The number of carbonyl (C=O) groups excluding carboxylic acids is 1. The lowest BCUT2D eigenvalue weighted by molar-refractivity contribution is -0.116. The molecular weight excluding hydrogens is 410 g/mol. The van der Waals surface area contributed by atoms with Crippen molar-refractivity contribution in [2.45, 2.75) is 52.6 Å². The van der Waals surface area contributed by atoms with Gasteiger partial charge in [-0.15, -0.1) is 11.3 Å².